The van der Waals surface area contributed by atoms with Crippen LogP contribution in [0.5, 0.6) is 5.75 Å². The average molecular weight is 299 g/mol. The largest absolute Gasteiger partial charge is 0.496 e. The third-order valence-electron chi connectivity index (χ3n) is 3.77. The van der Waals surface area contributed by atoms with Crippen molar-refractivity contribution in [1.29, 1.82) is 0 Å². The van der Waals surface area contributed by atoms with E-state index < -0.39 is 0 Å². The Hall–Kier alpha value is -1.83. The number of rotatable bonds is 2. The Morgan fingerprint density at radius 3 is 2.05 bits per heavy atom. The number of methoxy groups -OCH3 is 1. The molecule has 0 unspecified atom stereocenters. The smallest absolute Gasteiger partial charge is 0.364 e. The molecule has 0 bridgehead atoms. The molecule has 2 heteroatoms. The Labute approximate surface area is 134 Å². The third kappa shape index (κ3) is 3.49. The van der Waals surface area contributed by atoms with Crippen molar-refractivity contribution >= 4 is 0 Å². The lowest BCUT2D eigenvalue weighted by Crippen LogP contribution is -2.16. The summed E-state index contributed by atoms with van der Waals surface area (Å²) in [7, 11) is 1.69. The lowest BCUT2D eigenvalue weighted by atomic mass is 9.83. The molecule has 0 fully saturated rings. The number of hydrogen-bond acceptors (Lipinski definition) is 1. The molecule has 0 N–H and O–H groups in total. The predicted octanol–water partition coefficient (Wildman–Crippen LogP) is 5.83. The van der Waals surface area contributed by atoms with Crippen molar-refractivity contribution in [3.8, 4) is 17.1 Å². The first-order valence-electron chi connectivity index (χ1n) is 7.75. The van der Waals surface area contributed by atoms with E-state index >= 15 is 0 Å². The first-order valence-corrected chi connectivity index (χ1v) is 7.75. The fraction of sp³-hybridized carbons (Fsp3) is 0.450. The minimum absolute atomic E-state index is 0.0436. The van der Waals surface area contributed by atoms with Crippen LogP contribution in [0.25, 0.3) is 11.3 Å². The van der Waals surface area contributed by atoms with E-state index in [0.29, 0.717) is 0 Å². The fourth-order valence-electron chi connectivity index (χ4n) is 2.29. The number of ether oxygens (including phenoxy) is 1. The molecule has 0 atom stereocenters. The van der Waals surface area contributed by atoms with Crippen LogP contribution < -0.4 is 4.74 Å². The van der Waals surface area contributed by atoms with Gasteiger partial charge in [-0.3, -0.25) is 0 Å². The summed E-state index contributed by atoms with van der Waals surface area (Å²) in [6.45, 7) is 13.2. The van der Waals surface area contributed by atoms with Gasteiger partial charge in [-0.25, -0.2) is 4.42 Å². The van der Waals surface area contributed by atoms with Crippen LogP contribution in [-0.4, -0.2) is 7.11 Å². The van der Waals surface area contributed by atoms with Crippen LogP contribution >= 0.6 is 0 Å². The SMILES string of the molecule is COc1ccccc1-c1cc(C(C)(C)C)cc(C(C)(C)C)[o+]1. The lowest BCUT2D eigenvalue weighted by molar-refractivity contribution is 0.392. The van der Waals surface area contributed by atoms with Gasteiger partial charge in [0.05, 0.1) is 12.5 Å². The summed E-state index contributed by atoms with van der Waals surface area (Å²) >= 11 is 0. The second-order valence-corrected chi connectivity index (χ2v) is 7.77. The third-order valence-corrected chi connectivity index (χ3v) is 3.77. The van der Waals surface area contributed by atoms with Crippen molar-refractivity contribution in [3.63, 3.8) is 0 Å². The summed E-state index contributed by atoms with van der Waals surface area (Å²) < 4.78 is 11.7. The highest BCUT2D eigenvalue weighted by Crippen LogP contribution is 2.36. The fourth-order valence-corrected chi connectivity index (χ4v) is 2.29. The monoisotopic (exact) mass is 299 g/mol. The molecule has 0 amide bonds. The molecule has 0 aliphatic rings. The highest BCUT2D eigenvalue weighted by atomic mass is 16.5. The summed E-state index contributed by atoms with van der Waals surface area (Å²) in [5.74, 6) is 2.67. The van der Waals surface area contributed by atoms with Gasteiger partial charge < -0.3 is 4.74 Å². The van der Waals surface area contributed by atoms with Crippen LogP contribution in [-0.2, 0) is 10.8 Å². The molecule has 2 aromatic rings. The first kappa shape index (κ1) is 16.5. The summed E-state index contributed by atoms with van der Waals surface area (Å²) in [6.07, 6.45) is 0. The van der Waals surface area contributed by atoms with Crippen molar-refractivity contribution in [3.05, 3.63) is 47.7 Å². The maximum atomic E-state index is 6.23. The zero-order chi connectivity index (χ0) is 16.5. The van der Waals surface area contributed by atoms with E-state index in [4.69, 9.17) is 9.15 Å². The Balaban J connectivity index is 2.70. The van der Waals surface area contributed by atoms with Gasteiger partial charge >= 0.3 is 11.5 Å². The van der Waals surface area contributed by atoms with Gasteiger partial charge in [0.15, 0.2) is 0 Å². The quantitative estimate of drug-likeness (QED) is 0.650. The van der Waals surface area contributed by atoms with Crippen molar-refractivity contribution < 1.29 is 9.15 Å². The summed E-state index contributed by atoms with van der Waals surface area (Å²) in [5.41, 5.74) is 2.28. The molecule has 0 spiro atoms. The van der Waals surface area contributed by atoms with Crippen LogP contribution in [0.3, 0.4) is 0 Å². The normalized spacial score (nSPS) is 12.3. The molecular weight excluding hydrogens is 272 g/mol. The molecule has 1 aromatic carbocycles. The Kier molecular flexibility index (Phi) is 4.32. The van der Waals surface area contributed by atoms with Crippen LogP contribution in [0.4, 0.5) is 0 Å². The number of hydrogen-bond donors (Lipinski definition) is 0. The van der Waals surface area contributed by atoms with Crippen molar-refractivity contribution in [2.75, 3.05) is 7.11 Å². The summed E-state index contributed by atoms with van der Waals surface area (Å²) in [4.78, 5) is 0. The highest BCUT2D eigenvalue weighted by molar-refractivity contribution is 5.66. The molecule has 0 saturated carbocycles. The zero-order valence-corrected chi connectivity index (χ0v) is 14.8. The highest BCUT2D eigenvalue weighted by Gasteiger charge is 2.32. The predicted molar refractivity (Wildman–Crippen MR) is 92.5 cm³/mol. The van der Waals surface area contributed by atoms with Crippen LogP contribution in [0.1, 0.15) is 52.9 Å². The van der Waals surface area contributed by atoms with Crippen molar-refractivity contribution in [1.82, 2.24) is 0 Å². The zero-order valence-electron chi connectivity index (χ0n) is 14.8. The summed E-state index contributed by atoms with van der Waals surface area (Å²) in [6, 6.07) is 12.3. The van der Waals surface area contributed by atoms with E-state index in [1.54, 1.807) is 7.11 Å². The van der Waals surface area contributed by atoms with E-state index in [2.05, 4.69) is 53.7 Å². The average Bonchev–Trinajstić information content (AvgIpc) is 2.45. The molecule has 1 aromatic heterocycles. The number of benzene rings is 1. The molecular formula is C20H27O2+. The van der Waals surface area contributed by atoms with Crippen LogP contribution in [0, 0.1) is 0 Å². The Morgan fingerprint density at radius 1 is 0.864 bits per heavy atom. The maximum Gasteiger partial charge on any atom is 0.364 e. The van der Waals surface area contributed by atoms with Gasteiger partial charge in [0.25, 0.3) is 0 Å². The van der Waals surface area contributed by atoms with E-state index in [-0.39, 0.29) is 10.8 Å². The second kappa shape index (κ2) is 5.75. The molecule has 0 aliphatic carbocycles. The van der Waals surface area contributed by atoms with E-state index in [1.807, 2.05) is 24.3 Å². The van der Waals surface area contributed by atoms with Crippen molar-refractivity contribution in [2.45, 2.75) is 52.4 Å². The van der Waals surface area contributed by atoms with Gasteiger partial charge in [-0.15, -0.1) is 0 Å². The molecule has 22 heavy (non-hydrogen) atoms. The molecule has 0 aliphatic heterocycles. The molecule has 0 saturated heterocycles. The molecule has 0 radical (unpaired) electrons. The molecule has 118 valence electrons. The van der Waals surface area contributed by atoms with E-state index in [1.165, 1.54) is 5.56 Å². The van der Waals surface area contributed by atoms with Gasteiger partial charge in [0, 0.05) is 12.1 Å². The van der Waals surface area contributed by atoms with Gasteiger partial charge in [0.1, 0.15) is 11.3 Å². The van der Waals surface area contributed by atoms with Gasteiger partial charge in [-0.05, 0) is 43.9 Å². The lowest BCUT2D eigenvalue weighted by Gasteiger charge is -2.19. The van der Waals surface area contributed by atoms with Gasteiger partial charge in [-0.2, -0.15) is 0 Å². The number of para-hydroxylation sites is 1. The van der Waals surface area contributed by atoms with Crippen molar-refractivity contribution in [2.24, 2.45) is 0 Å². The van der Waals surface area contributed by atoms with E-state index in [9.17, 15) is 0 Å². The molecule has 2 nitrogen and oxygen atoms in total. The first-order chi connectivity index (χ1) is 10.1. The standard InChI is InChI=1S/C20H27O2/c1-19(2,3)14-12-17(22-18(13-14)20(4,5)6)15-10-8-9-11-16(15)21-7/h8-13H,1-7H3/q+1. The van der Waals surface area contributed by atoms with Crippen LogP contribution in [0.15, 0.2) is 40.8 Å². The Bertz CT molecular complexity index is 626. The minimum atomic E-state index is -0.0436. The molecule has 1 heterocycles. The molecule has 2 rings (SSSR count). The maximum absolute atomic E-state index is 6.23. The van der Waals surface area contributed by atoms with Gasteiger partial charge in [0.2, 0.25) is 0 Å². The Morgan fingerprint density at radius 2 is 1.50 bits per heavy atom. The van der Waals surface area contributed by atoms with Gasteiger partial charge in [-0.1, -0.05) is 32.9 Å². The van der Waals surface area contributed by atoms with E-state index in [0.717, 1.165) is 22.8 Å². The van der Waals surface area contributed by atoms with Crippen LogP contribution in [0.2, 0.25) is 0 Å². The second-order valence-electron chi connectivity index (χ2n) is 7.77. The summed E-state index contributed by atoms with van der Waals surface area (Å²) in [5, 5.41) is 0. The topological polar surface area (TPSA) is 20.5 Å². The minimum Gasteiger partial charge on any atom is -0.496 e.